The molecule has 162 valence electrons. The summed E-state index contributed by atoms with van der Waals surface area (Å²) in [5.74, 6) is 0.795. The summed E-state index contributed by atoms with van der Waals surface area (Å²) in [5.41, 5.74) is 1.96. The number of benzene rings is 2. The number of ether oxygens (including phenoxy) is 3. The molecule has 0 spiro atoms. The van der Waals surface area contributed by atoms with E-state index in [9.17, 15) is 10.1 Å². The van der Waals surface area contributed by atoms with Crippen LogP contribution in [0.2, 0.25) is 0 Å². The van der Waals surface area contributed by atoms with Crippen molar-refractivity contribution in [2.24, 2.45) is 0 Å². The molecule has 0 bridgehead atoms. The lowest BCUT2D eigenvalue weighted by Crippen LogP contribution is -2.38. The van der Waals surface area contributed by atoms with Crippen LogP contribution < -0.4 is 9.47 Å². The van der Waals surface area contributed by atoms with Gasteiger partial charge in [0.25, 0.3) is 5.69 Å². The highest BCUT2D eigenvalue weighted by Gasteiger charge is 2.19. The molecule has 1 aliphatic heterocycles. The number of para-hydroxylation sites is 1. The normalized spacial score (nSPS) is 14.9. The summed E-state index contributed by atoms with van der Waals surface area (Å²) in [4.78, 5) is 13.5. The van der Waals surface area contributed by atoms with Gasteiger partial charge in [-0.15, -0.1) is 0 Å². The Morgan fingerprint density at radius 1 is 1.23 bits per heavy atom. The first-order valence-electron chi connectivity index (χ1n) is 10.1. The smallest absolute Gasteiger partial charge is 0.280 e. The van der Waals surface area contributed by atoms with E-state index < -0.39 is 4.92 Å². The quantitative estimate of drug-likeness (QED) is 0.437. The fourth-order valence-corrected chi connectivity index (χ4v) is 3.52. The number of nitrogens with one attached hydrogen (secondary N) is 1. The number of methoxy groups -OCH3 is 1. The van der Waals surface area contributed by atoms with Crippen LogP contribution in [0.3, 0.4) is 0 Å². The molecule has 31 heavy (non-hydrogen) atoms. The molecule has 1 aromatic heterocycles. The predicted molar refractivity (Wildman–Crippen MR) is 117 cm³/mol. The van der Waals surface area contributed by atoms with Crippen molar-refractivity contribution in [1.82, 2.24) is 15.1 Å². The average Bonchev–Trinajstić information content (AvgIpc) is 3.21. The molecule has 4 rings (SSSR count). The van der Waals surface area contributed by atoms with Gasteiger partial charge in [-0.1, -0.05) is 18.2 Å². The largest absolute Gasteiger partial charge is 0.493 e. The van der Waals surface area contributed by atoms with Crippen LogP contribution in [0.4, 0.5) is 5.69 Å². The number of H-pyrrole nitrogens is 1. The molecule has 1 fully saturated rings. The number of nitrogens with zero attached hydrogens (tertiary/aromatic N) is 3. The first-order chi connectivity index (χ1) is 15.2. The van der Waals surface area contributed by atoms with Gasteiger partial charge >= 0.3 is 0 Å². The molecule has 0 amide bonds. The number of aromatic nitrogens is 2. The third-order valence-electron chi connectivity index (χ3n) is 5.20. The second-order valence-electron chi connectivity index (χ2n) is 7.11. The van der Waals surface area contributed by atoms with Crippen LogP contribution in [0.1, 0.15) is 11.3 Å². The lowest BCUT2D eigenvalue weighted by Gasteiger charge is -2.26. The van der Waals surface area contributed by atoms with Gasteiger partial charge < -0.3 is 14.2 Å². The Morgan fingerprint density at radius 2 is 2.03 bits per heavy atom. The average molecular weight is 424 g/mol. The van der Waals surface area contributed by atoms with Gasteiger partial charge in [-0.2, -0.15) is 5.10 Å². The van der Waals surface area contributed by atoms with E-state index in [1.807, 2.05) is 24.3 Å². The van der Waals surface area contributed by atoms with Crippen LogP contribution in [0.5, 0.6) is 11.5 Å². The molecule has 0 saturated carbocycles. The van der Waals surface area contributed by atoms with Crippen molar-refractivity contribution in [1.29, 1.82) is 0 Å². The zero-order valence-corrected chi connectivity index (χ0v) is 17.2. The number of morpholine rings is 1. The van der Waals surface area contributed by atoms with Crippen molar-refractivity contribution in [3.05, 3.63) is 57.8 Å². The summed E-state index contributed by atoms with van der Waals surface area (Å²) in [7, 11) is 1.52. The standard InChI is InChI=1S/C22H24N4O5/c1-29-21-14-16(6-7-19-17-4-2-3-5-18(17)23-24-19)20(26(27)28)15-22(21)31-13-10-25-8-11-30-12-9-25/h2-7,14-15H,8-13H2,1H3,(H,23,24)/b7-6+. The number of hydrogen-bond acceptors (Lipinski definition) is 7. The van der Waals surface area contributed by atoms with Gasteiger partial charge in [0.1, 0.15) is 6.61 Å². The van der Waals surface area contributed by atoms with Crippen LogP contribution in [0.25, 0.3) is 23.1 Å². The summed E-state index contributed by atoms with van der Waals surface area (Å²) < 4.78 is 16.6. The van der Waals surface area contributed by atoms with E-state index in [1.165, 1.54) is 13.2 Å². The van der Waals surface area contributed by atoms with Gasteiger partial charge in [-0.3, -0.25) is 20.1 Å². The van der Waals surface area contributed by atoms with Crippen molar-refractivity contribution in [3.63, 3.8) is 0 Å². The molecule has 1 aliphatic rings. The lowest BCUT2D eigenvalue weighted by molar-refractivity contribution is -0.385. The summed E-state index contributed by atoms with van der Waals surface area (Å²) in [6, 6.07) is 10.7. The van der Waals surface area contributed by atoms with Gasteiger partial charge in [0.05, 0.1) is 48.1 Å². The molecule has 0 atom stereocenters. The first-order valence-corrected chi connectivity index (χ1v) is 10.1. The van der Waals surface area contributed by atoms with E-state index in [-0.39, 0.29) is 5.69 Å². The van der Waals surface area contributed by atoms with Gasteiger partial charge in [0.15, 0.2) is 11.5 Å². The van der Waals surface area contributed by atoms with Gasteiger partial charge in [-0.25, -0.2) is 0 Å². The summed E-state index contributed by atoms with van der Waals surface area (Å²) in [6.07, 6.45) is 3.42. The molecule has 0 radical (unpaired) electrons. The van der Waals surface area contributed by atoms with E-state index in [1.54, 1.807) is 18.2 Å². The fourth-order valence-electron chi connectivity index (χ4n) is 3.52. The maximum atomic E-state index is 11.7. The maximum absolute atomic E-state index is 11.7. The molecule has 0 aliphatic carbocycles. The minimum absolute atomic E-state index is 0.0572. The van der Waals surface area contributed by atoms with Crippen LogP contribution in [0.15, 0.2) is 36.4 Å². The Labute approximate surface area is 179 Å². The molecule has 1 saturated heterocycles. The molecule has 9 nitrogen and oxygen atoms in total. The summed E-state index contributed by atoms with van der Waals surface area (Å²) >= 11 is 0. The SMILES string of the molecule is COc1cc(/C=C/c2n[nH]c3ccccc23)c([N+](=O)[O-])cc1OCCN1CCOCC1. The minimum atomic E-state index is -0.420. The van der Waals surface area contributed by atoms with E-state index in [0.717, 1.165) is 24.0 Å². The molecule has 2 aromatic carbocycles. The minimum Gasteiger partial charge on any atom is -0.493 e. The molecular formula is C22H24N4O5. The summed E-state index contributed by atoms with van der Waals surface area (Å²) in [6.45, 7) is 4.25. The Hall–Kier alpha value is -3.43. The molecule has 1 N–H and O–H groups in total. The van der Waals surface area contributed by atoms with Crippen LogP contribution >= 0.6 is 0 Å². The zero-order chi connectivity index (χ0) is 21.6. The number of hydrogen-bond donors (Lipinski definition) is 1. The Kier molecular flexibility index (Phi) is 6.44. The zero-order valence-electron chi connectivity index (χ0n) is 17.2. The van der Waals surface area contributed by atoms with Crippen molar-refractivity contribution in [2.45, 2.75) is 0 Å². The van der Waals surface area contributed by atoms with Crippen molar-refractivity contribution < 1.29 is 19.1 Å². The van der Waals surface area contributed by atoms with Gasteiger partial charge in [-0.05, 0) is 24.3 Å². The Morgan fingerprint density at radius 3 is 2.81 bits per heavy atom. The third kappa shape index (κ3) is 4.84. The topological polar surface area (TPSA) is 103 Å². The molecule has 0 unspecified atom stereocenters. The maximum Gasteiger partial charge on any atom is 0.280 e. The number of rotatable bonds is 8. The number of nitro groups is 1. The van der Waals surface area contributed by atoms with Crippen LogP contribution in [-0.4, -0.2) is 66.6 Å². The molecule has 2 heterocycles. The number of nitro benzene ring substituents is 1. The van der Waals surface area contributed by atoms with Crippen LogP contribution in [-0.2, 0) is 4.74 Å². The third-order valence-corrected chi connectivity index (χ3v) is 5.20. The first kappa shape index (κ1) is 20.8. The van der Waals surface area contributed by atoms with E-state index in [4.69, 9.17) is 14.2 Å². The van der Waals surface area contributed by atoms with E-state index in [0.29, 0.717) is 49.1 Å². The lowest BCUT2D eigenvalue weighted by atomic mass is 10.1. The van der Waals surface area contributed by atoms with Crippen molar-refractivity contribution >= 4 is 28.7 Å². The fraction of sp³-hybridized carbons (Fsp3) is 0.318. The Bertz CT molecular complexity index is 1090. The number of fused-ring (bicyclic) bond motifs is 1. The second-order valence-corrected chi connectivity index (χ2v) is 7.11. The Balaban J connectivity index is 1.55. The second kappa shape index (κ2) is 9.59. The van der Waals surface area contributed by atoms with Crippen LogP contribution in [0, 0.1) is 10.1 Å². The van der Waals surface area contributed by atoms with E-state index >= 15 is 0 Å². The van der Waals surface area contributed by atoms with Gasteiger partial charge in [0, 0.05) is 25.0 Å². The predicted octanol–water partition coefficient (Wildman–Crippen LogP) is 3.36. The highest BCUT2D eigenvalue weighted by Crippen LogP contribution is 2.36. The van der Waals surface area contributed by atoms with E-state index in [2.05, 4.69) is 15.1 Å². The highest BCUT2D eigenvalue weighted by molar-refractivity contribution is 5.90. The summed E-state index contributed by atoms with van der Waals surface area (Å²) in [5, 5.41) is 19.9. The highest BCUT2D eigenvalue weighted by atomic mass is 16.6. The van der Waals surface area contributed by atoms with Crippen molar-refractivity contribution in [2.75, 3.05) is 46.6 Å². The molecular weight excluding hydrogens is 400 g/mol. The monoisotopic (exact) mass is 424 g/mol. The number of aromatic amines is 1. The molecule has 9 heteroatoms. The molecule has 3 aromatic rings. The van der Waals surface area contributed by atoms with Gasteiger partial charge in [0.2, 0.25) is 0 Å². The van der Waals surface area contributed by atoms with Crippen molar-refractivity contribution in [3.8, 4) is 11.5 Å².